The molecular weight excluding hydrogens is 232 g/mol. The summed E-state index contributed by atoms with van der Waals surface area (Å²) in [5, 5.41) is 14.1. The molecule has 1 fully saturated rings. The van der Waals surface area contributed by atoms with Crippen molar-refractivity contribution in [3.63, 3.8) is 0 Å². The monoisotopic (exact) mass is 250 g/mol. The summed E-state index contributed by atoms with van der Waals surface area (Å²) in [6, 6.07) is 5.22. The van der Waals surface area contributed by atoms with Gasteiger partial charge in [-0.2, -0.15) is 0 Å². The summed E-state index contributed by atoms with van der Waals surface area (Å²) < 4.78 is 5.59. The third-order valence-electron chi connectivity index (χ3n) is 3.14. The molecular formula is C13H18N2O3. The number of nitrogens with one attached hydrogen (secondary N) is 1. The molecule has 1 atom stereocenters. The van der Waals surface area contributed by atoms with Gasteiger partial charge >= 0.3 is 0 Å². The van der Waals surface area contributed by atoms with Crippen molar-refractivity contribution in [1.29, 1.82) is 0 Å². The molecule has 1 heterocycles. The summed E-state index contributed by atoms with van der Waals surface area (Å²) in [6.45, 7) is 3.27. The molecule has 0 amide bonds. The number of nitrogens with zero attached hydrogens (tertiary/aromatic N) is 1. The van der Waals surface area contributed by atoms with Crippen LogP contribution in [0, 0.1) is 17.0 Å². The molecule has 1 aliphatic heterocycles. The van der Waals surface area contributed by atoms with E-state index in [0.29, 0.717) is 12.2 Å². The minimum absolute atomic E-state index is 0.130. The number of ether oxygens (including phenoxy) is 1. The van der Waals surface area contributed by atoms with Crippen LogP contribution in [0.15, 0.2) is 18.2 Å². The van der Waals surface area contributed by atoms with E-state index in [1.54, 1.807) is 12.1 Å². The second-order valence-electron chi connectivity index (χ2n) is 4.65. The summed E-state index contributed by atoms with van der Waals surface area (Å²) in [5.41, 5.74) is 1.59. The van der Waals surface area contributed by atoms with Crippen molar-refractivity contribution in [2.24, 2.45) is 0 Å². The molecule has 1 aromatic rings. The predicted molar refractivity (Wildman–Crippen MR) is 69.9 cm³/mol. The summed E-state index contributed by atoms with van der Waals surface area (Å²) in [6.07, 6.45) is 3.47. The Balaban J connectivity index is 2.01. The van der Waals surface area contributed by atoms with Crippen molar-refractivity contribution in [3.8, 4) is 0 Å². The van der Waals surface area contributed by atoms with Crippen molar-refractivity contribution >= 4 is 11.4 Å². The molecule has 2 rings (SSSR count). The first kappa shape index (κ1) is 12.8. The van der Waals surface area contributed by atoms with Gasteiger partial charge in [0.15, 0.2) is 0 Å². The van der Waals surface area contributed by atoms with Crippen LogP contribution < -0.4 is 5.32 Å². The second-order valence-corrected chi connectivity index (χ2v) is 4.65. The molecule has 0 saturated carbocycles. The highest BCUT2D eigenvalue weighted by Gasteiger charge is 2.17. The molecule has 0 aromatic heterocycles. The van der Waals surface area contributed by atoms with Gasteiger partial charge < -0.3 is 10.1 Å². The Morgan fingerprint density at radius 2 is 2.33 bits per heavy atom. The molecule has 0 spiro atoms. The topological polar surface area (TPSA) is 64.4 Å². The third-order valence-corrected chi connectivity index (χ3v) is 3.14. The molecule has 18 heavy (non-hydrogen) atoms. The van der Waals surface area contributed by atoms with E-state index in [2.05, 4.69) is 5.32 Å². The largest absolute Gasteiger partial charge is 0.377 e. The minimum Gasteiger partial charge on any atom is -0.377 e. The van der Waals surface area contributed by atoms with Crippen molar-refractivity contribution in [2.45, 2.75) is 32.3 Å². The standard InChI is InChI=1S/C13H18N2O3/c1-10-5-6-12(13(8-10)15(16)17)14-9-11-4-2-3-7-18-11/h5-6,8,11,14H,2-4,7,9H2,1H3. The molecule has 0 aliphatic carbocycles. The lowest BCUT2D eigenvalue weighted by Gasteiger charge is -2.23. The first-order chi connectivity index (χ1) is 8.66. The van der Waals surface area contributed by atoms with Crippen molar-refractivity contribution in [3.05, 3.63) is 33.9 Å². The van der Waals surface area contributed by atoms with Crippen LogP contribution in [-0.4, -0.2) is 24.2 Å². The summed E-state index contributed by atoms with van der Waals surface area (Å²) in [7, 11) is 0. The lowest BCUT2D eigenvalue weighted by atomic mass is 10.1. The van der Waals surface area contributed by atoms with Crippen LogP contribution in [0.4, 0.5) is 11.4 Å². The molecule has 1 unspecified atom stereocenters. The van der Waals surface area contributed by atoms with Crippen molar-refractivity contribution in [1.82, 2.24) is 0 Å². The Morgan fingerprint density at radius 3 is 3.00 bits per heavy atom. The molecule has 1 saturated heterocycles. The van der Waals surface area contributed by atoms with E-state index in [1.165, 1.54) is 6.42 Å². The molecule has 1 N–H and O–H groups in total. The summed E-state index contributed by atoms with van der Waals surface area (Å²) in [4.78, 5) is 10.6. The zero-order valence-electron chi connectivity index (χ0n) is 10.5. The van der Waals surface area contributed by atoms with Crippen LogP contribution in [0.25, 0.3) is 0 Å². The quantitative estimate of drug-likeness (QED) is 0.659. The smallest absolute Gasteiger partial charge is 0.292 e. The SMILES string of the molecule is Cc1ccc(NCC2CCCCO2)c([N+](=O)[O-])c1. The zero-order valence-corrected chi connectivity index (χ0v) is 10.5. The highest BCUT2D eigenvalue weighted by molar-refractivity contribution is 5.62. The highest BCUT2D eigenvalue weighted by atomic mass is 16.6. The molecule has 0 radical (unpaired) electrons. The fourth-order valence-corrected chi connectivity index (χ4v) is 2.13. The molecule has 1 aromatic carbocycles. The molecule has 5 heteroatoms. The van der Waals surface area contributed by atoms with Gasteiger partial charge in [0.25, 0.3) is 5.69 Å². The number of rotatable bonds is 4. The van der Waals surface area contributed by atoms with Gasteiger partial charge in [0.2, 0.25) is 0 Å². The van der Waals surface area contributed by atoms with Gasteiger partial charge in [-0.05, 0) is 37.8 Å². The van der Waals surface area contributed by atoms with E-state index < -0.39 is 0 Å². The van der Waals surface area contributed by atoms with Crippen molar-refractivity contribution in [2.75, 3.05) is 18.5 Å². The van der Waals surface area contributed by atoms with Crippen LogP contribution in [0.1, 0.15) is 24.8 Å². The number of anilines is 1. The number of aryl methyl sites for hydroxylation is 1. The molecule has 1 aliphatic rings. The van der Waals surface area contributed by atoms with E-state index >= 15 is 0 Å². The molecule has 5 nitrogen and oxygen atoms in total. The minimum atomic E-state index is -0.350. The Morgan fingerprint density at radius 1 is 1.50 bits per heavy atom. The van der Waals surface area contributed by atoms with Crippen LogP contribution in [0.3, 0.4) is 0 Å². The zero-order chi connectivity index (χ0) is 13.0. The van der Waals surface area contributed by atoms with E-state index in [0.717, 1.165) is 25.0 Å². The van der Waals surface area contributed by atoms with Gasteiger partial charge in [0.1, 0.15) is 5.69 Å². The maximum absolute atomic E-state index is 11.0. The first-order valence-electron chi connectivity index (χ1n) is 6.27. The maximum atomic E-state index is 11.0. The number of nitro benzene ring substituents is 1. The van der Waals surface area contributed by atoms with E-state index in [4.69, 9.17) is 4.74 Å². The fraction of sp³-hybridized carbons (Fsp3) is 0.538. The second kappa shape index (κ2) is 5.82. The van der Waals surface area contributed by atoms with Gasteiger partial charge in [-0.15, -0.1) is 0 Å². The van der Waals surface area contributed by atoms with E-state index in [9.17, 15) is 10.1 Å². The van der Waals surface area contributed by atoms with Gasteiger partial charge in [0, 0.05) is 19.2 Å². The number of hydrogen-bond donors (Lipinski definition) is 1. The average molecular weight is 250 g/mol. The average Bonchev–Trinajstić information content (AvgIpc) is 2.38. The summed E-state index contributed by atoms with van der Waals surface area (Å²) in [5.74, 6) is 0. The lowest BCUT2D eigenvalue weighted by Crippen LogP contribution is -2.27. The maximum Gasteiger partial charge on any atom is 0.292 e. The van der Waals surface area contributed by atoms with Crippen LogP contribution >= 0.6 is 0 Å². The molecule has 0 bridgehead atoms. The normalized spacial score (nSPS) is 19.5. The summed E-state index contributed by atoms with van der Waals surface area (Å²) >= 11 is 0. The first-order valence-corrected chi connectivity index (χ1v) is 6.27. The van der Waals surface area contributed by atoms with Crippen molar-refractivity contribution < 1.29 is 9.66 Å². The lowest BCUT2D eigenvalue weighted by molar-refractivity contribution is -0.384. The predicted octanol–water partition coefficient (Wildman–Crippen LogP) is 2.88. The fourth-order valence-electron chi connectivity index (χ4n) is 2.13. The van der Waals surface area contributed by atoms with Crippen LogP contribution in [0.2, 0.25) is 0 Å². The highest BCUT2D eigenvalue weighted by Crippen LogP contribution is 2.25. The number of nitro groups is 1. The van der Waals surface area contributed by atoms with Gasteiger partial charge in [0.05, 0.1) is 11.0 Å². The Kier molecular flexibility index (Phi) is 4.15. The van der Waals surface area contributed by atoms with Crippen LogP contribution in [0.5, 0.6) is 0 Å². The van der Waals surface area contributed by atoms with Gasteiger partial charge in [-0.25, -0.2) is 0 Å². The number of hydrogen-bond acceptors (Lipinski definition) is 4. The third kappa shape index (κ3) is 3.20. The number of benzene rings is 1. The Labute approximate surface area is 106 Å². The van der Waals surface area contributed by atoms with Crippen LogP contribution in [-0.2, 0) is 4.74 Å². The Hall–Kier alpha value is -1.62. The molecule has 98 valence electrons. The Bertz CT molecular complexity index is 428. The van der Waals surface area contributed by atoms with Gasteiger partial charge in [-0.3, -0.25) is 10.1 Å². The van der Waals surface area contributed by atoms with E-state index in [1.807, 2.05) is 13.0 Å². The van der Waals surface area contributed by atoms with E-state index in [-0.39, 0.29) is 16.7 Å². The van der Waals surface area contributed by atoms with Gasteiger partial charge in [-0.1, -0.05) is 6.07 Å².